The minimum Gasteiger partial charge on any atom is -0.457 e. The fourth-order valence-corrected chi connectivity index (χ4v) is 6.39. The van der Waals surface area contributed by atoms with Crippen LogP contribution < -0.4 is 4.74 Å². The van der Waals surface area contributed by atoms with Crippen LogP contribution in [0, 0.1) is 0 Å². The van der Waals surface area contributed by atoms with Crippen LogP contribution in [0.3, 0.4) is 0 Å². The van der Waals surface area contributed by atoms with E-state index in [-0.39, 0.29) is 23.2 Å². The molecule has 1 aromatic carbocycles. The molecule has 0 aliphatic carbocycles. The zero-order valence-electron chi connectivity index (χ0n) is 15.6. The van der Waals surface area contributed by atoms with Crippen LogP contribution >= 0.6 is 24.0 Å². The van der Waals surface area contributed by atoms with Crippen molar-refractivity contribution < 1.29 is 35.5 Å². The first-order valence-electron chi connectivity index (χ1n) is 8.94. The number of thiocarbonyl (C=S) groups is 1. The summed E-state index contributed by atoms with van der Waals surface area (Å²) in [5.41, 5.74) is 0.526. The van der Waals surface area contributed by atoms with Gasteiger partial charge in [0.05, 0.1) is 22.5 Å². The first-order chi connectivity index (χ1) is 14.5. The average Bonchev–Trinajstić information content (AvgIpc) is 3.33. The SMILES string of the molecule is O=C1/C(=C\c2ccc(-c3ccc(OC(F)(F)F)cc3)o2)SC(=S)N1C1CCS(=O)(=O)C1. The summed E-state index contributed by atoms with van der Waals surface area (Å²) in [5.74, 6) is -0.0509. The Hall–Kier alpha value is -2.31. The lowest BCUT2D eigenvalue weighted by molar-refractivity contribution is -0.274. The monoisotopic (exact) mass is 489 g/mol. The van der Waals surface area contributed by atoms with Crippen LogP contribution in [0.4, 0.5) is 13.2 Å². The summed E-state index contributed by atoms with van der Waals surface area (Å²) in [4.78, 5) is 14.4. The van der Waals surface area contributed by atoms with Crippen LogP contribution in [0.25, 0.3) is 17.4 Å². The van der Waals surface area contributed by atoms with Crippen LogP contribution in [0.15, 0.2) is 45.7 Å². The Morgan fingerprint density at radius 3 is 2.52 bits per heavy atom. The van der Waals surface area contributed by atoms with Gasteiger partial charge in [0.15, 0.2) is 9.84 Å². The third-order valence-electron chi connectivity index (χ3n) is 4.67. The van der Waals surface area contributed by atoms with Gasteiger partial charge in [-0.05, 0) is 42.8 Å². The zero-order valence-corrected chi connectivity index (χ0v) is 18.0. The Bertz CT molecular complexity index is 1170. The van der Waals surface area contributed by atoms with Crippen LogP contribution in [0.5, 0.6) is 5.75 Å². The second-order valence-electron chi connectivity index (χ2n) is 6.88. The molecular weight excluding hydrogens is 475 g/mol. The molecule has 2 aromatic rings. The molecule has 2 aliphatic rings. The maximum atomic E-state index is 12.8. The number of rotatable bonds is 4. The molecule has 2 fully saturated rings. The van der Waals surface area contributed by atoms with Crippen molar-refractivity contribution >= 4 is 50.1 Å². The first kappa shape index (κ1) is 21.9. The molecule has 0 N–H and O–H groups in total. The molecule has 0 radical (unpaired) electrons. The number of carbonyl (C=O) groups excluding carboxylic acids is 1. The van der Waals surface area contributed by atoms with E-state index in [1.165, 1.54) is 35.2 Å². The quantitative estimate of drug-likeness (QED) is 0.470. The average molecular weight is 490 g/mol. The lowest BCUT2D eigenvalue weighted by Crippen LogP contribution is -2.39. The van der Waals surface area contributed by atoms with E-state index in [0.29, 0.717) is 32.7 Å². The number of sulfone groups is 1. The van der Waals surface area contributed by atoms with Crippen molar-refractivity contribution in [3.63, 3.8) is 0 Å². The second-order valence-corrected chi connectivity index (χ2v) is 10.8. The molecule has 2 saturated heterocycles. The van der Waals surface area contributed by atoms with Crippen molar-refractivity contribution in [1.82, 2.24) is 4.90 Å². The molecule has 6 nitrogen and oxygen atoms in total. The molecule has 1 atom stereocenters. The van der Waals surface area contributed by atoms with Gasteiger partial charge in [0.1, 0.15) is 21.6 Å². The van der Waals surface area contributed by atoms with Gasteiger partial charge >= 0.3 is 6.36 Å². The van der Waals surface area contributed by atoms with Gasteiger partial charge in [-0.15, -0.1) is 13.2 Å². The number of thioether (sulfide) groups is 1. The van der Waals surface area contributed by atoms with E-state index in [2.05, 4.69) is 4.74 Å². The van der Waals surface area contributed by atoms with Crippen LogP contribution in [-0.4, -0.2) is 47.5 Å². The molecular formula is C19H14F3NO5S3. The predicted octanol–water partition coefficient (Wildman–Crippen LogP) is 4.23. The third kappa shape index (κ3) is 4.96. The molecule has 4 rings (SSSR count). The van der Waals surface area contributed by atoms with Crippen LogP contribution in [0.2, 0.25) is 0 Å². The third-order valence-corrected chi connectivity index (χ3v) is 7.75. The smallest absolute Gasteiger partial charge is 0.457 e. The maximum absolute atomic E-state index is 12.8. The number of hydrogen-bond donors (Lipinski definition) is 0. The number of furan rings is 1. The summed E-state index contributed by atoms with van der Waals surface area (Å²) in [5, 5.41) is 0. The lowest BCUT2D eigenvalue weighted by Gasteiger charge is -2.20. The van der Waals surface area contributed by atoms with E-state index < -0.39 is 22.2 Å². The van der Waals surface area contributed by atoms with Crippen molar-refractivity contribution in [3.8, 4) is 17.1 Å². The molecule has 31 heavy (non-hydrogen) atoms. The number of alkyl halides is 3. The van der Waals surface area contributed by atoms with Crippen molar-refractivity contribution in [2.75, 3.05) is 11.5 Å². The van der Waals surface area contributed by atoms with Gasteiger partial charge in [0.25, 0.3) is 5.91 Å². The van der Waals surface area contributed by atoms with Gasteiger partial charge in [0.2, 0.25) is 0 Å². The van der Waals surface area contributed by atoms with Gasteiger partial charge in [-0.25, -0.2) is 8.42 Å². The number of benzene rings is 1. The Morgan fingerprint density at radius 2 is 1.90 bits per heavy atom. The molecule has 1 amide bonds. The lowest BCUT2D eigenvalue weighted by atomic mass is 10.2. The summed E-state index contributed by atoms with van der Waals surface area (Å²) < 4.78 is 70.1. The maximum Gasteiger partial charge on any atom is 0.573 e. The Morgan fingerprint density at radius 1 is 1.19 bits per heavy atom. The fraction of sp³-hybridized carbons (Fsp3) is 0.263. The van der Waals surface area contributed by atoms with Gasteiger partial charge in [-0.3, -0.25) is 9.69 Å². The Balaban J connectivity index is 1.49. The van der Waals surface area contributed by atoms with Gasteiger partial charge in [0, 0.05) is 11.6 Å². The van der Waals surface area contributed by atoms with E-state index >= 15 is 0 Å². The van der Waals surface area contributed by atoms with Crippen molar-refractivity contribution in [2.45, 2.75) is 18.8 Å². The second kappa shape index (κ2) is 7.99. The highest BCUT2D eigenvalue weighted by atomic mass is 32.2. The molecule has 3 heterocycles. The molecule has 1 aromatic heterocycles. The number of hydrogen-bond acceptors (Lipinski definition) is 7. The van der Waals surface area contributed by atoms with Gasteiger partial charge in [-0.2, -0.15) is 0 Å². The Kier molecular flexibility index (Phi) is 5.64. The molecule has 0 bridgehead atoms. The van der Waals surface area contributed by atoms with Crippen molar-refractivity contribution in [1.29, 1.82) is 0 Å². The summed E-state index contributed by atoms with van der Waals surface area (Å²) in [6.07, 6.45) is -2.91. The topological polar surface area (TPSA) is 76.8 Å². The van der Waals surface area contributed by atoms with Crippen molar-refractivity contribution in [3.05, 3.63) is 47.1 Å². The van der Waals surface area contributed by atoms with E-state index in [4.69, 9.17) is 16.6 Å². The summed E-state index contributed by atoms with van der Waals surface area (Å²) in [6, 6.07) is 7.95. The molecule has 1 unspecified atom stereocenters. The highest BCUT2D eigenvalue weighted by Crippen LogP contribution is 2.37. The summed E-state index contributed by atoms with van der Waals surface area (Å²) in [7, 11) is -3.17. The minimum absolute atomic E-state index is 0.0299. The van der Waals surface area contributed by atoms with E-state index in [9.17, 15) is 26.4 Å². The zero-order chi connectivity index (χ0) is 22.4. The highest BCUT2D eigenvalue weighted by Gasteiger charge is 2.42. The van der Waals surface area contributed by atoms with Crippen LogP contribution in [-0.2, 0) is 14.6 Å². The van der Waals surface area contributed by atoms with Gasteiger partial charge in [-0.1, -0.05) is 24.0 Å². The molecule has 12 heteroatoms. The highest BCUT2D eigenvalue weighted by molar-refractivity contribution is 8.26. The normalized spacial score (nSPS) is 22.5. The fourth-order valence-electron chi connectivity index (χ4n) is 3.31. The number of amides is 1. The largest absolute Gasteiger partial charge is 0.573 e. The molecule has 2 aliphatic heterocycles. The number of nitrogens with zero attached hydrogens (tertiary/aromatic N) is 1. The predicted molar refractivity (Wildman–Crippen MR) is 113 cm³/mol. The standard InChI is InChI=1S/C19H14F3NO5S3/c20-19(21,22)28-13-3-1-11(2-4-13)15-6-5-14(27-15)9-16-17(24)23(18(29)30-16)12-7-8-31(25,26)10-12/h1-6,9,12H,7-8,10H2/b16-9+. The summed E-state index contributed by atoms with van der Waals surface area (Å²) in [6.45, 7) is 0. The first-order valence-corrected chi connectivity index (χ1v) is 12.0. The number of carbonyl (C=O) groups is 1. The number of ether oxygens (including phenoxy) is 1. The molecule has 0 spiro atoms. The Labute approximate surface area is 185 Å². The van der Waals surface area contributed by atoms with E-state index in [0.717, 1.165) is 11.8 Å². The van der Waals surface area contributed by atoms with Crippen LogP contribution in [0.1, 0.15) is 12.2 Å². The number of halogens is 3. The van der Waals surface area contributed by atoms with E-state index in [1.807, 2.05) is 0 Å². The molecule has 164 valence electrons. The molecule has 0 saturated carbocycles. The van der Waals surface area contributed by atoms with E-state index in [1.54, 1.807) is 12.1 Å². The van der Waals surface area contributed by atoms with Gasteiger partial charge < -0.3 is 9.15 Å². The summed E-state index contributed by atoms with van der Waals surface area (Å²) >= 11 is 6.33. The minimum atomic E-state index is -4.77. The van der Waals surface area contributed by atoms with Crippen molar-refractivity contribution in [2.24, 2.45) is 0 Å².